The average Bonchev–Trinajstić information content (AvgIpc) is 3.03. The molecule has 3 rings (SSSR count). The molecule has 2 atom stereocenters. The van der Waals surface area contributed by atoms with Gasteiger partial charge in [-0.3, -0.25) is 14.7 Å². The number of hydrogen-bond acceptors (Lipinski definition) is 6. The van der Waals surface area contributed by atoms with Crippen LogP contribution in [0.25, 0.3) is 5.82 Å². The first-order valence-electron chi connectivity index (χ1n) is 7.84. The lowest BCUT2D eigenvalue weighted by Crippen LogP contribution is -2.31. The molecule has 0 aromatic carbocycles. The number of aryl methyl sites for hydroxylation is 1. The molecule has 0 aliphatic heterocycles. The fourth-order valence-corrected chi connectivity index (χ4v) is 3.09. The Hall–Kier alpha value is -2.51. The van der Waals surface area contributed by atoms with Crippen LogP contribution in [0, 0.1) is 23.0 Å². The standard InChI is InChI=1S/C15H20N6O2/c1-10-5-3-4-6-12(10)18-15-17-11(2)13(21(22)23)14(19-15)20-8-7-16-9-20/h7-10,12H,3-6H2,1-2H3,(H,17,18,19)/t10-,12-/m1/s1. The summed E-state index contributed by atoms with van der Waals surface area (Å²) in [6, 6.07) is 0.306. The maximum absolute atomic E-state index is 11.4. The molecule has 0 saturated heterocycles. The molecule has 1 aliphatic carbocycles. The molecule has 8 nitrogen and oxygen atoms in total. The van der Waals surface area contributed by atoms with Crippen LogP contribution in [0.5, 0.6) is 0 Å². The van der Waals surface area contributed by atoms with Gasteiger partial charge in [0, 0.05) is 18.4 Å². The van der Waals surface area contributed by atoms with Gasteiger partial charge in [-0.25, -0.2) is 9.97 Å². The molecule has 0 amide bonds. The number of rotatable bonds is 4. The maximum atomic E-state index is 11.4. The van der Waals surface area contributed by atoms with Gasteiger partial charge in [0.15, 0.2) is 0 Å². The van der Waals surface area contributed by atoms with Gasteiger partial charge in [0.1, 0.15) is 12.0 Å². The van der Waals surface area contributed by atoms with Crippen LogP contribution in [0.15, 0.2) is 18.7 Å². The third-order valence-corrected chi connectivity index (χ3v) is 4.40. The Morgan fingerprint density at radius 3 is 2.78 bits per heavy atom. The van der Waals surface area contributed by atoms with E-state index in [4.69, 9.17) is 0 Å². The van der Waals surface area contributed by atoms with Crippen LogP contribution in [-0.2, 0) is 0 Å². The zero-order valence-electron chi connectivity index (χ0n) is 13.3. The first kappa shape index (κ1) is 15.4. The zero-order chi connectivity index (χ0) is 16.4. The van der Waals surface area contributed by atoms with Crippen LogP contribution < -0.4 is 5.32 Å². The van der Waals surface area contributed by atoms with Crippen LogP contribution in [0.3, 0.4) is 0 Å². The van der Waals surface area contributed by atoms with Crippen LogP contribution in [-0.4, -0.2) is 30.5 Å². The molecule has 0 spiro atoms. The Morgan fingerprint density at radius 1 is 1.35 bits per heavy atom. The molecule has 0 radical (unpaired) electrons. The summed E-state index contributed by atoms with van der Waals surface area (Å²) in [4.78, 5) is 23.5. The average molecular weight is 316 g/mol. The smallest absolute Gasteiger partial charge is 0.333 e. The number of nitrogens with one attached hydrogen (secondary N) is 1. The highest BCUT2D eigenvalue weighted by atomic mass is 16.6. The highest BCUT2D eigenvalue weighted by Crippen LogP contribution is 2.29. The Bertz CT molecular complexity index is 700. The Morgan fingerprint density at radius 2 is 2.13 bits per heavy atom. The molecule has 2 aromatic rings. The second kappa shape index (κ2) is 6.31. The van der Waals surface area contributed by atoms with E-state index in [2.05, 4.69) is 27.2 Å². The van der Waals surface area contributed by atoms with Crippen molar-refractivity contribution in [3.05, 3.63) is 34.5 Å². The van der Waals surface area contributed by atoms with E-state index in [0.29, 0.717) is 23.6 Å². The first-order valence-corrected chi connectivity index (χ1v) is 7.84. The summed E-state index contributed by atoms with van der Waals surface area (Å²) in [5, 5.41) is 14.7. The quantitative estimate of drug-likeness (QED) is 0.688. The van der Waals surface area contributed by atoms with Crippen molar-refractivity contribution in [2.45, 2.75) is 45.6 Å². The summed E-state index contributed by atoms with van der Waals surface area (Å²) >= 11 is 0. The van der Waals surface area contributed by atoms with E-state index in [9.17, 15) is 10.1 Å². The predicted molar refractivity (Wildman–Crippen MR) is 85.6 cm³/mol. The third-order valence-electron chi connectivity index (χ3n) is 4.40. The van der Waals surface area contributed by atoms with Crippen LogP contribution in [0.1, 0.15) is 38.3 Å². The Balaban J connectivity index is 1.97. The second-order valence-electron chi connectivity index (χ2n) is 6.04. The number of imidazole rings is 1. The SMILES string of the molecule is Cc1nc(N[C@@H]2CCCC[C@H]2C)nc(-n2ccnc2)c1[N+](=O)[O-]. The minimum absolute atomic E-state index is 0.0924. The number of nitro groups is 1. The largest absolute Gasteiger partial charge is 0.351 e. The highest BCUT2D eigenvalue weighted by molar-refractivity contribution is 5.53. The van der Waals surface area contributed by atoms with Crippen LogP contribution in [0.2, 0.25) is 0 Å². The normalized spacial score (nSPS) is 21.1. The minimum Gasteiger partial charge on any atom is -0.351 e. The summed E-state index contributed by atoms with van der Waals surface area (Å²) in [5.74, 6) is 1.22. The van der Waals surface area contributed by atoms with Crippen molar-refractivity contribution in [3.63, 3.8) is 0 Å². The Labute approximate surface area is 134 Å². The molecular weight excluding hydrogens is 296 g/mol. The van der Waals surface area contributed by atoms with Crippen molar-refractivity contribution in [3.8, 4) is 5.82 Å². The molecular formula is C15H20N6O2. The molecule has 1 fully saturated rings. The number of nitrogens with zero attached hydrogens (tertiary/aromatic N) is 5. The molecule has 23 heavy (non-hydrogen) atoms. The van der Waals surface area contributed by atoms with Crippen LogP contribution >= 0.6 is 0 Å². The molecule has 0 unspecified atom stereocenters. The van der Waals surface area contributed by atoms with E-state index in [-0.39, 0.29) is 11.5 Å². The molecule has 2 aromatic heterocycles. The molecule has 8 heteroatoms. The van der Waals surface area contributed by atoms with Gasteiger partial charge >= 0.3 is 5.69 Å². The maximum Gasteiger partial charge on any atom is 0.333 e. The number of anilines is 1. The van der Waals surface area contributed by atoms with Gasteiger partial charge < -0.3 is 5.32 Å². The van der Waals surface area contributed by atoms with Crippen molar-refractivity contribution < 1.29 is 4.92 Å². The summed E-state index contributed by atoms with van der Waals surface area (Å²) in [6.45, 7) is 3.85. The molecule has 1 aliphatic rings. The summed E-state index contributed by atoms with van der Waals surface area (Å²) in [5.41, 5.74) is 0.255. The molecule has 1 saturated carbocycles. The van der Waals surface area contributed by atoms with Crippen molar-refractivity contribution in [1.29, 1.82) is 0 Å². The van der Waals surface area contributed by atoms with Gasteiger partial charge in [-0.1, -0.05) is 19.8 Å². The topological polar surface area (TPSA) is 98.8 Å². The fourth-order valence-electron chi connectivity index (χ4n) is 3.09. The third kappa shape index (κ3) is 3.15. The van der Waals surface area contributed by atoms with E-state index in [0.717, 1.165) is 6.42 Å². The lowest BCUT2D eigenvalue weighted by Gasteiger charge is -2.29. The Kier molecular flexibility index (Phi) is 4.22. The highest BCUT2D eigenvalue weighted by Gasteiger charge is 2.26. The summed E-state index contributed by atoms with van der Waals surface area (Å²) in [7, 11) is 0. The van der Waals surface area contributed by atoms with E-state index in [1.165, 1.54) is 25.6 Å². The molecule has 1 N–H and O–H groups in total. The molecule has 0 bridgehead atoms. The number of aromatic nitrogens is 4. The second-order valence-corrected chi connectivity index (χ2v) is 6.04. The number of hydrogen-bond donors (Lipinski definition) is 1. The van der Waals surface area contributed by atoms with Crippen molar-refractivity contribution >= 4 is 11.6 Å². The van der Waals surface area contributed by atoms with Gasteiger partial charge in [0.2, 0.25) is 11.8 Å². The van der Waals surface area contributed by atoms with Gasteiger partial charge in [-0.05, 0) is 25.7 Å². The summed E-state index contributed by atoms with van der Waals surface area (Å²) in [6.07, 6.45) is 9.39. The molecule has 2 heterocycles. The van der Waals surface area contributed by atoms with Gasteiger partial charge in [-0.15, -0.1) is 0 Å². The van der Waals surface area contributed by atoms with Crippen molar-refractivity contribution in [2.75, 3.05) is 5.32 Å². The van der Waals surface area contributed by atoms with E-state index in [1.54, 1.807) is 23.9 Å². The predicted octanol–water partition coefficient (Wildman–Crippen LogP) is 2.87. The summed E-state index contributed by atoms with van der Waals surface area (Å²) < 4.78 is 1.54. The van der Waals surface area contributed by atoms with Gasteiger partial charge in [0.25, 0.3) is 0 Å². The molecule has 122 valence electrons. The van der Waals surface area contributed by atoms with Gasteiger partial charge in [0.05, 0.1) is 4.92 Å². The van der Waals surface area contributed by atoms with E-state index < -0.39 is 4.92 Å². The monoisotopic (exact) mass is 316 g/mol. The van der Waals surface area contributed by atoms with Crippen molar-refractivity contribution in [2.24, 2.45) is 5.92 Å². The van der Waals surface area contributed by atoms with E-state index >= 15 is 0 Å². The van der Waals surface area contributed by atoms with Gasteiger partial charge in [-0.2, -0.15) is 4.98 Å². The lowest BCUT2D eigenvalue weighted by atomic mass is 9.86. The lowest BCUT2D eigenvalue weighted by molar-refractivity contribution is -0.385. The van der Waals surface area contributed by atoms with Crippen molar-refractivity contribution in [1.82, 2.24) is 19.5 Å². The van der Waals surface area contributed by atoms with Crippen LogP contribution in [0.4, 0.5) is 11.6 Å². The fraction of sp³-hybridized carbons (Fsp3) is 0.533. The first-order chi connectivity index (χ1) is 11.1. The minimum atomic E-state index is -0.447. The van der Waals surface area contributed by atoms with E-state index in [1.807, 2.05) is 0 Å². The zero-order valence-corrected chi connectivity index (χ0v) is 13.3.